The molecule has 1 aromatic heterocycles. The average Bonchev–Trinajstić information content (AvgIpc) is 2.80. The van der Waals surface area contributed by atoms with E-state index in [1.54, 1.807) is 18.5 Å². The third kappa shape index (κ3) is 2.93. The minimum Gasteiger partial charge on any atom is -0.315 e. The minimum atomic E-state index is -3.30. The van der Waals surface area contributed by atoms with Crippen LogP contribution >= 0.6 is 11.3 Å². The molecule has 2 atom stereocenters. The maximum atomic E-state index is 12.3. The van der Waals surface area contributed by atoms with E-state index in [1.165, 1.54) is 15.6 Å². The second-order valence-electron chi connectivity index (χ2n) is 5.04. The molecule has 1 aliphatic rings. The molecule has 6 heteroatoms. The molecule has 1 heterocycles. The van der Waals surface area contributed by atoms with Crippen LogP contribution in [-0.2, 0) is 16.6 Å². The zero-order chi connectivity index (χ0) is 13.3. The Balaban J connectivity index is 2.08. The van der Waals surface area contributed by atoms with Crippen molar-refractivity contribution in [3.63, 3.8) is 0 Å². The number of hydrogen-bond donors (Lipinski definition) is 1. The molecule has 102 valence electrons. The second kappa shape index (κ2) is 5.28. The molecule has 1 N–H and O–H groups in total. The molecule has 0 aliphatic heterocycles. The first-order valence-electron chi connectivity index (χ1n) is 6.13. The average molecular weight is 288 g/mol. The first kappa shape index (κ1) is 14.0. The van der Waals surface area contributed by atoms with E-state index in [2.05, 4.69) is 12.2 Å². The Morgan fingerprint density at radius 2 is 2.22 bits per heavy atom. The van der Waals surface area contributed by atoms with Gasteiger partial charge in [-0.15, -0.1) is 11.3 Å². The summed E-state index contributed by atoms with van der Waals surface area (Å²) in [6, 6.07) is 1.77. The zero-order valence-corrected chi connectivity index (χ0v) is 12.6. The van der Waals surface area contributed by atoms with Gasteiger partial charge in [0.05, 0.1) is 4.90 Å². The molecule has 18 heavy (non-hydrogen) atoms. The summed E-state index contributed by atoms with van der Waals surface area (Å²) >= 11 is 1.49. The van der Waals surface area contributed by atoms with E-state index >= 15 is 0 Å². The predicted octanol–water partition coefficient (Wildman–Crippen LogP) is 1.74. The maximum Gasteiger partial charge on any atom is 0.243 e. The van der Waals surface area contributed by atoms with Gasteiger partial charge in [-0.25, -0.2) is 12.7 Å². The maximum absolute atomic E-state index is 12.3. The van der Waals surface area contributed by atoms with Crippen LogP contribution in [0.4, 0.5) is 0 Å². The molecule has 1 saturated carbocycles. The van der Waals surface area contributed by atoms with Crippen molar-refractivity contribution >= 4 is 21.4 Å². The third-order valence-electron chi connectivity index (χ3n) is 3.46. The normalized spacial score (nSPS) is 23.6. The van der Waals surface area contributed by atoms with Gasteiger partial charge in [-0.3, -0.25) is 0 Å². The highest BCUT2D eigenvalue weighted by Gasteiger charge is 2.36. The minimum absolute atomic E-state index is 0.425. The number of nitrogens with one attached hydrogen (secondary N) is 1. The fourth-order valence-corrected chi connectivity index (χ4v) is 4.53. The molecule has 1 aliphatic carbocycles. The highest BCUT2D eigenvalue weighted by molar-refractivity contribution is 7.89. The van der Waals surface area contributed by atoms with Crippen molar-refractivity contribution < 1.29 is 8.42 Å². The Hall–Kier alpha value is -0.430. The molecule has 2 rings (SSSR count). The second-order valence-corrected chi connectivity index (χ2v) is 8.08. The predicted molar refractivity (Wildman–Crippen MR) is 74.2 cm³/mol. The van der Waals surface area contributed by atoms with Crippen molar-refractivity contribution in [2.45, 2.75) is 24.8 Å². The van der Waals surface area contributed by atoms with E-state index in [0.29, 0.717) is 29.8 Å². The van der Waals surface area contributed by atoms with Crippen LogP contribution in [0.25, 0.3) is 0 Å². The molecule has 0 aromatic carbocycles. The molecule has 0 amide bonds. The van der Waals surface area contributed by atoms with Crippen LogP contribution < -0.4 is 5.32 Å². The van der Waals surface area contributed by atoms with Crippen molar-refractivity contribution in [2.24, 2.45) is 11.8 Å². The van der Waals surface area contributed by atoms with Gasteiger partial charge in [0.2, 0.25) is 10.0 Å². The van der Waals surface area contributed by atoms with E-state index in [0.717, 1.165) is 11.3 Å². The van der Waals surface area contributed by atoms with E-state index in [-0.39, 0.29) is 0 Å². The first-order valence-corrected chi connectivity index (χ1v) is 8.45. The van der Waals surface area contributed by atoms with Gasteiger partial charge in [0, 0.05) is 30.4 Å². The Morgan fingerprint density at radius 1 is 1.56 bits per heavy atom. The van der Waals surface area contributed by atoms with Gasteiger partial charge in [0.25, 0.3) is 0 Å². The van der Waals surface area contributed by atoms with Crippen LogP contribution in [0.5, 0.6) is 0 Å². The van der Waals surface area contributed by atoms with Crippen LogP contribution in [0.15, 0.2) is 16.3 Å². The Morgan fingerprint density at radius 3 is 2.78 bits per heavy atom. The fourth-order valence-electron chi connectivity index (χ4n) is 2.02. The number of hydrogen-bond acceptors (Lipinski definition) is 4. The smallest absolute Gasteiger partial charge is 0.243 e. The molecule has 0 bridgehead atoms. The van der Waals surface area contributed by atoms with Crippen molar-refractivity contribution in [2.75, 3.05) is 20.6 Å². The van der Waals surface area contributed by atoms with Gasteiger partial charge < -0.3 is 5.32 Å². The van der Waals surface area contributed by atoms with Crippen LogP contribution in [0.3, 0.4) is 0 Å². The Labute approximate surface area is 113 Å². The number of thiophene rings is 1. The van der Waals surface area contributed by atoms with Crippen LogP contribution in [0.1, 0.15) is 18.2 Å². The zero-order valence-electron chi connectivity index (χ0n) is 11.0. The Bertz CT molecular complexity index is 510. The lowest BCUT2D eigenvalue weighted by atomic mass is 10.3. The topological polar surface area (TPSA) is 49.4 Å². The van der Waals surface area contributed by atoms with E-state index in [1.807, 2.05) is 7.05 Å². The van der Waals surface area contributed by atoms with Gasteiger partial charge in [-0.1, -0.05) is 6.92 Å². The molecule has 0 spiro atoms. The number of rotatable bonds is 6. The molecule has 1 aromatic rings. The molecular formula is C12H20N2O2S2. The molecule has 0 saturated heterocycles. The summed E-state index contributed by atoms with van der Waals surface area (Å²) in [6.45, 7) is 3.52. The van der Waals surface area contributed by atoms with E-state index in [9.17, 15) is 8.42 Å². The number of sulfonamides is 1. The molecular weight excluding hydrogens is 268 g/mol. The van der Waals surface area contributed by atoms with Crippen molar-refractivity contribution in [1.82, 2.24) is 9.62 Å². The largest absolute Gasteiger partial charge is 0.315 e. The quantitative estimate of drug-likeness (QED) is 0.867. The summed E-state index contributed by atoms with van der Waals surface area (Å²) < 4.78 is 26.2. The summed E-state index contributed by atoms with van der Waals surface area (Å²) in [6.07, 6.45) is 1.15. The molecule has 2 unspecified atom stereocenters. The molecule has 0 radical (unpaired) electrons. The summed E-state index contributed by atoms with van der Waals surface area (Å²) in [4.78, 5) is 1.47. The van der Waals surface area contributed by atoms with Gasteiger partial charge in [0.15, 0.2) is 0 Å². The lowest BCUT2D eigenvalue weighted by molar-refractivity contribution is 0.445. The number of nitrogens with zero attached hydrogens (tertiary/aromatic N) is 1. The monoisotopic (exact) mass is 288 g/mol. The fraction of sp³-hybridized carbons (Fsp3) is 0.667. The van der Waals surface area contributed by atoms with Gasteiger partial charge in [-0.05, 0) is 31.4 Å². The standard InChI is InChI=1S/C12H20N2O2S2/c1-9-4-10(9)7-14(3)18(15,16)12-5-11(6-13-2)17-8-12/h5,8-10,13H,4,6-7H2,1-3H3. The first-order chi connectivity index (χ1) is 8.45. The van der Waals surface area contributed by atoms with Crippen LogP contribution in [0, 0.1) is 11.8 Å². The SMILES string of the molecule is CNCc1cc(S(=O)(=O)N(C)CC2CC2C)cs1. The summed E-state index contributed by atoms with van der Waals surface area (Å²) in [5.41, 5.74) is 0. The molecule has 4 nitrogen and oxygen atoms in total. The highest BCUT2D eigenvalue weighted by atomic mass is 32.2. The van der Waals surface area contributed by atoms with E-state index < -0.39 is 10.0 Å². The Kier molecular flexibility index (Phi) is 4.11. The van der Waals surface area contributed by atoms with E-state index in [4.69, 9.17) is 0 Å². The summed E-state index contributed by atoms with van der Waals surface area (Å²) in [5.74, 6) is 1.21. The third-order valence-corrected chi connectivity index (χ3v) is 6.34. The van der Waals surface area contributed by atoms with Gasteiger partial charge in [0.1, 0.15) is 0 Å². The van der Waals surface area contributed by atoms with Crippen molar-refractivity contribution in [3.05, 3.63) is 16.3 Å². The lowest BCUT2D eigenvalue weighted by Gasteiger charge is -2.15. The molecule has 1 fully saturated rings. The van der Waals surface area contributed by atoms with Crippen LogP contribution in [-0.4, -0.2) is 33.4 Å². The van der Waals surface area contributed by atoms with Crippen LogP contribution in [0.2, 0.25) is 0 Å². The lowest BCUT2D eigenvalue weighted by Crippen LogP contribution is -2.29. The highest BCUT2D eigenvalue weighted by Crippen LogP contribution is 2.38. The van der Waals surface area contributed by atoms with Crippen molar-refractivity contribution in [1.29, 1.82) is 0 Å². The van der Waals surface area contributed by atoms with Gasteiger partial charge >= 0.3 is 0 Å². The van der Waals surface area contributed by atoms with Crippen molar-refractivity contribution in [3.8, 4) is 0 Å². The summed E-state index contributed by atoms with van der Waals surface area (Å²) in [7, 11) is 0.233. The summed E-state index contributed by atoms with van der Waals surface area (Å²) in [5, 5.41) is 4.76. The van der Waals surface area contributed by atoms with Gasteiger partial charge in [-0.2, -0.15) is 0 Å².